The molecule has 0 atom stereocenters. The second-order valence-corrected chi connectivity index (χ2v) is 14.3. The third kappa shape index (κ3) is 7.23. The zero-order chi connectivity index (χ0) is 34.1. The minimum absolute atomic E-state index is 0.0383. The highest BCUT2D eigenvalue weighted by Crippen LogP contribution is 2.32. The SMILES string of the molecule is CN1C(=O)NS(=O)(=O)N1Cc1ccc(-n2nc(C(C)(C)C)cc2NC(=O)Nc2ccc(OCCN3CCOCC3)c3ccccc23)cc1. The first kappa shape index (κ1) is 33.2. The molecule has 15 heteroatoms. The fourth-order valence-corrected chi connectivity index (χ4v) is 6.67. The maximum absolute atomic E-state index is 13.5. The molecular formula is C33H40N8O6S. The standard InChI is InChI=1S/C33H40N8O6S/c1-33(2,3)29-21-30(41(36-29)24-11-9-23(10-12-24)22-40-38(4)32(43)37-48(40,44)45)35-31(42)34-27-13-14-28(26-8-6-5-7-25(26)27)47-20-17-39-15-18-46-19-16-39/h5-14,21H,15-20,22H2,1-4H3,(H,37,43)(H2,34,35,42). The van der Waals surface area contributed by atoms with E-state index in [4.69, 9.17) is 14.6 Å². The molecule has 2 fully saturated rings. The van der Waals surface area contributed by atoms with Gasteiger partial charge in [0.15, 0.2) is 0 Å². The summed E-state index contributed by atoms with van der Waals surface area (Å²) in [4.78, 5) is 27.6. The van der Waals surface area contributed by atoms with Crippen molar-refractivity contribution in [3.8, 4) is 11.4 Å². The number of benzene rings is 3. The number of amides is 4. The lowest BCUT2D eigenvalue weighted by atomic mass is 9.92. The number of carbonyl (C=O) groups excluding carboxylic acids is 2. The Morgan fingerprint density at radius 3 is 2.38 bits per heavy atom. The van der Waals surface area contributed by atoms with E-state index in [2.05, 4.69) is 15.5 Å². The Morgan fingerprint density at radius 1 is 1.00 bits per heavy atom. The van der Waals surface area contributed by atoms with Gasteiger partial charge in [0.05, 0.1) is 36.8 Å². The van der Waals surface area contributed by atoms with Gasteiger partial charge in [0.2, 0.25) is 0 Å². The molecule has 3 aromatic carbocycles. The smallest absolute Gasteiger partial charge is 0.347 e. The van der Waals surface area contributed by atoms with Gasteiger partial charge in [-0.2, -0.15) is 13.5 Å². The number of fused-ring (bicyclic) bond motifs is 1. The Morgan fingerprint density at radius 2 is 1.71 bits per heavy atom. The number of hydrazine groups is 1. The highest BCUT2D eigenvalue weighted by molar-refractivity contribution is 7.88. The fraction of sp³-hybridized carbons (Fsp3) is 0.364. The number of carbonyl (C=O) groups is 2. The van der Waals surface area contributed by atoms with Crippen molar-refractivity contribution in [3.05, 3.63) is 78.0 Å². The molecule has 3 heterocycles. The molecule has 0 radical (unpaired) electrons. The number of hydrogen-bond acceptors (Lipinski definition) is 8. The van der Waals surface area contributed by atoms with E-state index >= 15 is 0 Å². The van der Waals surface area contributed by atoms with Gasteiger partial charge in [0.1, 0.15) is 18.2 Å². The monoisotopic (exact) mass is 676 g/mol. The van der Waals surface area contributed by atoms with E-state index in [1.807, 2.05) is 68.0 Å². The second kappa shape index (κ2) is 13.4. The van der Waals surface area contributed by atoms with Crippen molar-refractivity contribution < 1.29 is 27.5 Å². The molecule has 0 aliphatic carbocycles. The van der Waals surface area contributed by atoms with Crippen LogP contribution in [0, 0.1) is 0 Å². The molecule has 14 nitrogen and oxygen atoms in total. The Labute approximate surface area is 279 Å². The molecular weight excluding hydrogens is 636 g/mol. The van der Waals surface area contributed by atoms with E-state index in [9.17, 15) is 18.0 Å². The summed E-state index contributed by atoms with van der Waals surface area (Å²) >= 11 is 0. The maximum atomic E-state index is 13.5. The van der Waals surface area contributed by atoms with Crippen molar-refractivity contribution in [1.82, 2.24) is 28.8 Å². The van der Waals surface area contributed by atoms with Crippen molar-refractivity contribution in [3.63, 3.8) is 0 Å². The van der Waals surface area contributed by atoms with E-state index in [1.54, 1.807) is 28.9 Å². The summed E-state index contributed by atoms with van der Waals surface area (Å²) in [7, 11) is -2.57. The predicted octanol–water partition coefficient (Wildman–Crippen LogP) is 4.29. The van der Waals surface area contributed by atoms with Gasteiger partial charge in [-0.1, -0.05) is 61.6 Å². The maximum Gasteiger partial charge on any atom is 0.347 e. The third-order valence-corrected chi connectivity index (χ3v) is 9.60. The van der Waals surface area contributed by atoms with Gasteiger partial charge in [-0.25, -0.2) is 24.0 Å². The number of aromatic nitrogens is 2. The minimum Gasteiger partial charge on any atom is -0.492 e. The van der Waals surface area contributed by atoms with E-state index in [0.29, 0.717) is 29.4 Å². The molecule has 3 N–H and O–H groups in total. The zero-order valence-corrected chi connectivity index (χ0v) is 28.2. The zero-order valence-electron chi connectivity index (χ0n) is 27.4. The molecule has 0 unspecified atom stereocenters. The van der Waals surface area contributed by atoms with Gasteiger partial charge in [-0.05, 0) is 29.8 Å². The van der Waals surface area contributed by atoms with Crippen LogP contribution in [0.25, 0.3) is 16.5 Å². The average molecular weight is 677 g/mol. The van der Waals surface area contributed by atoms with E-state index in [0.717, 1.165) is 64.5 Å². The first-order chi connectivity index (χ1) is 22.9. The average Bonchev–Trinajstić information content (AvgIpc) is 3.56. The lowest BCUT2D eigenvalue weighted by Crippen LogP contribution is -2.38. The molecule has 2 saturated heterocycles. The molecule has 0 saturated carbocycles. The van der Waals surface area contributed by atoms with E-state index in [-0.39, 0.29) is 12.0 Å². The van der Waals surface area contributed by atoms with Gasteiger partial charge in [0.25, 0.3) is 0 Å². The highest BCUT2D eigenvalue weighted by atomic mass is 32.2. The van der Waals surface area contributed by atoms with Crippen molar-refractivity contribution in [2.45, 2.75) is 32.7 Å². The highest BCUT2D eigenvalue weighted by Gasteiger charge is 2.38. The van der Waals surface area contributed by atoms with Crippen LogP contribution in [0.3, 0.4) is 0 Å². The van der Waals surface area contributed by atoms with Gasteiger partial charge in [0, 0.05) is 48.9 Å². The summed E-state index contributed by atoms with van der Waals surface area (Å²) in [6, 6.07) is 19.2. The van der Waals surface area contributed by atoms with Crippen molar-refractivity contribution >= 4 is 44.5 Å². The summed E-state index contributed by atoms with van der Waals surface area (Å²) in [6.45, 7) is 10.7. The number of morpholine rings is 1. The van der Waals surface area contributed by atoms with Crippen LogP contribution >= 0.6 is 0 Å². The fourth-order valence-electron chi connectivity index (χ4n) is 5.50. The third-order valence-electron chi connectivity index (χ3n) is 8.24. The molecule has 1 aromatic heterocycles. The van der Waals surface area contributed by atoms with Crippen LogP contribution in [-0.4, -0.2) is 91.1 Å². The number of rotatable bonds is 9. The summed E-state index contributed by atoms with van der Waals surface area (Å²) in [6.07, 6.45) is 0. The summed E-state index contributed by atoms with van der Waals surface area (Å²) < 4.78 is 40.8. The van der Waals surface area contributed by atoms with Crippen LogP contribution in [0.5, 0.6) is 5.75 Å². The molecule has 2 aliphatic heterocycles. The largest absolute Gasteiger partial charge is 0.492 e. The molecule has 0 bridgehead atoms. The van der Waals surface area contributed by atoms with E-state index < -0.39 is 22.3 Å². The molecule has 0 spiro atoms. The number of nitrogens with zero attached hydrogens (tertiary/aromatic N) is 5. The predicted molar refractivity (Wildman–Crippen MR) is 182 cm³/mol. The lowest BCUT2D eigenvalue weighted by molar-refractivity contribution is 0.0323. The summed E-state index contributed by atoms with van der Waals surface area (Å²) in [5.41, 5.74) is 2.40. The quantitative estimate of drug-likeness (QED) is 0.238. The van der Waals surface area contributed by atoms with Crippen molar-refractivity contribution in [2.24, 2.45) is 0 Å². The van der Waals surface area contributed by atoms with Crippen LogP contribution in [0.1, 0.15) is 32.0 Å². The first-order valence-electron chi connectivity index (χ1n) is 15.7. The van der Waals surface area contributed by atoms with Gasteiger partial charge < -0.3 is 14.8 Å². The van der Waals surface area contributed by atoms with Gasteiger partial charge >= 0.3 is 22.3 Å². The van der Waals surface area contributed by atoms with Crippen molar-refractivity contribution in [1.29, 1.82) is 0 Å². The van der Waals surface area contributed by atoms with Crippen LogP contribution in [-0.2, 0) is 26.9 Å². The lowest BCUT2D eigenvalue weighted by Gasteiger charge is -2.26. The molecule has 4 amide bonds. The van der Waals surface area contributed by atoms with Gasteiger partial charge in [-0.3, -0.25) is 10.2 Å². The van der Waals surface area contributed by atoms with Crippen molar-refractivity contribution in [2.75, 3.05) is 57.1 Å². The molecule has 254 valence electrons. The Kier molecular flexibility index (Phi) is 9.29. The van der Waals surface area contributed by atoms with Gasteiger partial charge in [-0.15, -0.1) is 0 Å². The number of urea groups is 2. The molecule has 4 aromatic rings. The normalized spacial score (nSPS) is 17.0. The Bertz CT molecular complexity index is 1920. The summed E-state index contributed by atoms with van der Waals surface area (Å²) in [5, 5.41) is 13.5. The molecule has 2 aliphatic rings. The number of ether oxygens (including phenoxy) is 2. The van der Waals surface area contributed by atoms with Crippen LogP contribution < -0.4 is 20.1 Å². The number of nitrogens with one attached hydrogen (secondary N) is 3. The number of hydrogen-bond donors (Lipinski definition) is 3. The molecule has 48 heavy (non-hydrogen) atoms. The van der Waals surface area contributed by atoms with Crippen LogP contribution in [0.15, 0.2) is 66.7 Å². The van der Waals surface area contributed by atoms with Crippen LogP contribution in [0.4, 0.5) is 21.1 Å². The molecule has 6 rings (SSSR count). The Balaban J connectivity index is 1.18. The Hall–Kier alpha value is -4.70. The summed E-state index contributed by atoms with van der Waals surface area (Å²) in [5.74, 6) is 1.20. The second-order valence-electron chi connectivity index (χ2n) is 12.7. The topological polar surface area (TPSA) is 150 Å². The first-order valence-corrected chi connectivity index (χ1v) is 17.1. The minimum atomic E-state index is -3.95. The van der Waals surface area contributed by atoms with Crippen LogP contribution in [0.2, 0.25) is 0 Å². The number of anilines is 2. The van der Waals surface area contributed by atoms with E-state index in [1.165, 1.54) is 7.05 Å².